The molecule has 0 aliphatic rings. The quantitative estimate of drug-likeness (QED) is 0.698. The van der Waals surface area contributed by atoms with Crippen molar-refractivity contribution in [2.75, 3.05) is 13.1 Å². The number of nitrogens with zero attached hydrogens (tertiary/aromatic N) is 2. The van der Waals surface area contributed by atoms with Crippen LogP contribution in [0.25, 0.3) is 10.9 Å². The molecule has 8 heteroatoms. The van der Waals surface area contributed by atoms with Crippen LogP contribution in [0.2, 0.25) is 0 Å². The van der Waals surface area contributed by atoms with Crippen LogP contribution < -0.4 is 11.2 Å². The summed E-state index contributed by atoms with van der Waals surface area (Å²) in [6.07, 6.45) is 0. The van der Waals surface area contributed by atoms with Crippen molar-refractivity contribution >= 4 is 20.9 Å². The highest BCUT2D eigenvalue weighted by molar-refractivity contribution is 7.89. The van der Waals surface area contributed by atoms with Crippen molar-refractivity contribution in [3.8, 4) is 0 Å². The zero-order valence-electron chi connectivity index (χ0n) is 15.2. The number of H-pyrrole nitrogens is 1. The predicted molar refractivity (Wildman–Crippen MR) is 104 cm³/mol. The second-order valence-electron chi connectivity index (χ2n) is 6.10. The first-order valence-corrected chi connectivity index (χ1v) is 10.1. The Morgan fingerprint density at radius 3 is 2.22 bits per heavy atom. The van der Waals surface area contributed by atoms with Gasteiger partial charge in [0.25, 0.3) is 5.56 Å². The van der Waals surface area contributed by atoms with Crippen LogP contribution in [0, 0.1) is 0 Å². The first kappa shape index (κ1) is 19.1. The van der Waals surface area contributed by atoms with Gasteiger partial charge in [-0.3, -0.25) is 9.36 Å². The van der Waals surface area contributed by atoms with Crippen molar-refractivity contribution in [1.29, 1.82) is 0 Å². The second-order valence-corrected chi connectivity index (χ2v) is 8.04. The molecule has 0 unspecified atom stereocenters. The molecule has 0 atom stereocenters. The molecule has 3 rings (SSSR count). The SMILES string of the molecule is CCN(CC)S(=O)(=O)c1ccc(Cn2c(=O)[nH]c3ccccc3c2=O)cc1. The minimum atomic E-state index is -3.54. The number of aromatic amines is 1. The number of sulfonamides is 1. The van der Waals surface area contributed by atoms with E-state index in [1.807, 2.05) is 0 Å². The molecule has 2 aromatic carbocycles. The van der Waals surface area contributed by atoms with E-state index in [1.54, 1.807) is 50.2 Å². The summed E-state index contributed by atoms with van der Waals surface area (Å²) in [5.74, 6) is 0. The van der Waals surface area contributed by atoms with Gasteiger partial charge in [-0.05, 0) is 29.8 Å². The van der Waals surface area contributed by atoms with Gasteiger partial charge in [0.05, 0.1) is 22.3 Å². The van der Waals surface area contributed by atoms with Crippen molar-refractivity contribution in [2.45, 2.75) is 25.3 Å². The Labute approximate surface area is 156 Å². The molecular weight excluding hydrogens is 366 g/mol. The molecule has 0 saturated heterocycles. The topological polar surface area (TPSA) is 92.2 Å². The number of benzene rings is 2. The van der Waals surface area contributed by atoms with Crippen molar-refractivity contribution < 1.29 is 8.42 Å². The van der Waals surface area contributed by atoms with Crippen molar-refractivity contribution in [3.63, 3.8) is 0 Å². The second kappa shape index (κ2) is 7.50. The third-order valence-corrected chi connectivity index (χ3v) is 6.56. The highest BCUT2D eigenvalue weighted by Gasteiger charge is 2.21. The Kier molecular flexibility index (Phi) is 5.29. The summed E-state index contributed by atoms with van der Waals surface area (Å²) in [7, 11) is -3.54. The van der Waals surface area contributed by atoms with Crippen LogP contribution in [-0.2, 0) is 16.6 Å². The van der Waals surface area contributed by atoms with Gasteiger partial charge in [0.2, 0.25) is 10.0 Å². The number of fused-ring (bicyclic) bond motifs is 1. The van der Waals surface area contributed by atoms with Crippen LogP contribution in [0.5, 0.6) is 0 Å². The van der Waals surface area contributed by atoms with E-state index in [2.05, 4.69) is 4.98 Å². The maximum Gasteiger partial charge on any atom is 0.329 e. The van der Waals surface area contributed by atoms with Crippen LogP contribution in [-0.4, -0.2) is 35.4 Å². The van der Waals surface area contributed by atoms with Gasteiger partial charge in [0.15, 0.2) is 0 Å². The van der Waals surface area contributed by atoms with E-state index in [0.717, 1.165) is 4.57 Å². The summed E-state index contributed by atoms with van der Waals surface area (Å²) in [5, 5.41) is 0.429. The molecule has 0 amide bonds. The average molecular weight is 387 g/mol. The molecule has 0 fully saturated rings. The van der Waals surface area contributed by atoms with E-state index in [0.29, 0.717) is 29.6 Å². The van der Waals surface area contributed by atoms with Gasteiger partial charge in [-0.25, -0.2) is 13.2 Å². The van der Waals surface area contributed by atoms with E-state index in [1.165, 1.54) is 16.4 Å². The van der Waals surface area contributed by atoms with Crippen LogP contribution in [0.1, 0.15) is 19.4 Å². The number of rotatable bonds is 6. The van der Waals surface area contributed by atoms with Gasteiger partial charge in [-0.2, -0.15) is 4.31 Å². The fourth-order valence-electron chi connectivity index (χ4n) is 3.00. The molecule has 3 aromatic rings. The maximum atomic E-state index is 12.6. The number of hydrogen-bond donors (Lipinski definition) is 1. The maximum absolute atomic E-state index is 12.6. The molecule has 7 nitrogen and oxygen atoms in total. The molecule has 1 N–H and O–H groups in total. The van der Waals surface area contributed by atoms with Gasteiger partial charge in [-0.1, -0.05) is 38.1 Å². The summed E-state index contributed by atoms with van der Waals surface area (Å²) in [4.78, 5) is 27.7. The largest absolute Gasteiger partial charge is 0.329 e. The standard InChI is InChI=1S/C19H21N3O4S/c1-3-21(4-2)27(25,26)15-11-9-14(10-12-15)13-22-18(23)16-7-5-6-8-17(16)20-19(22)24/h5-12H,3-4,13H2,1-2H3,(H,20,24). The van der Waals surface area contributed by atoms with E-state index in [-0.39, 0.29) is 17.0 Å². The van der Waals surface area contributed by atoms with Gasteiger partial charge in [0, 0.05) is 13.1 Å². The molecule has 1 heterocycles. The van der Waals surface area contributed by atoms with E-state index < -0.39 is 15.7 Å². The fourth-order valence-corrected chi connectivity index (χ4v) is 4.46. The van der Waals surface area contributed by atoms with Crippen LogP contribution in [0.4, 0.5) is 0 Å². The lowest BCUT2D eigenvalue weighted by Crippen LogP contribution is -2.35. The van der Waals surface area contributed by atoms with Crippen molar-refractivity contribution in [3.05, 3.63) is 74.9 Å². The number of para-hydroxylation sites is 1. The molecular formula is C19H21N3O4S. The Morgan fingerprint density at radius 2 is 1.59 bits per heavy atom. The van der Waals surface area contributed by atoms with Crippen molar-refractivity contribution in [1.82, 2.24) is 13.9 Å². The minimum Gasteiger partial charge on any atom is -0.307 e. The van der Waals surface area contributed by atoms with Crippen molar-refractivity contribution in [2.24, 2.45) is 0 Å². The fraction of sp³-hybridized carbons (Fsp3) is 0.263. The Bertz CT molecular complexity index is 1170. The summed E-state index contributed by atoms with van der Waals surface area (Å²) in [6.45, 7) is 4.41. The number of nitrogens with one attached hydrogen (secondary N) is 1. The highest BCUT2D eigenvalue weighted by Crippen LogP contribution is 2.16. The van der Waals surface area contributed by atoms with Gasteiger partial charge in [-0.15, -0.1) is 0 Å². The Balaban J connectivity index is 1.95. The summed E-state index contributed by atoms with van der Waals surface area (Å²) >= 11 is 0. The predicted octanol–water partition coefficient (Wildman–Crippen LogP) is 1.77. The monoisotopic (exact) mass is 387 g/mol. The normalized spacial score (nSPS) is 12.0. The molecule has 0 saturated carbocycles. The Hall–Kier alpha value is -2.71. The molecule has 0 aliphatic heterocycles. The summed E-state index contributed by atoms with van der Waals surface area (Å²) < 4.78 is 27.6. The third kappa shape index (κ3) is 3.58. The van der Waals surface area contributed by atoms with E-state index in [4.69, 9.17) is 0 Å². The lowest BCUT2D eigenvalue weighted by molar-refractivity contribution is 0.445. The smallest absolute Gasteiger partial charge is 0.307 e. The Morgan fingerprint density at radius 1 is 0.963 bits per heavy atom. The molecule has 27 heavy (non-hydrogen) atoms. The lowest BCUT2D eigenvalue weighted by atomic mass is 10.2. The third-order valence-electron chi connectivity index (χ3n) is 4.50. The number of aromatic nitrogens is 2. The molecule has 0 aliphatic carbocycles. The van der Waals surface area contributed by atoms with Crippen LogP contribution in [0.15, 0.2) is 63.0 Å². The molecule has 142 valence electrons. The van der Waals surface area contributed by atoms with Gasteiger partial charge < -0.3 is 4.98 Å². The van der Waals surface area contributed by atoms with Gasteiger partial charge in [0.1, 0.15) is 0 Å². The highest BCUT2D eigenvalue weighted by atomic mass is 32.2. The molecule has 0 spiro atoms. The minimum absolute atomic E-state index is 0.0601. The first-order chi connectivity index (χ1) is 12.9. The number of hydrogen-bond acceptors (Lipinski definition) is 4. The van der Waals surface area contributed by atoms with E-state index in [9.17, 15) is 18.0 Å². The molecule has 1 aromatic heterocycles. The average Bonchev–Trinajstić information content (AvgIpc) is 2.66. The zero-order chi connectivity index (χ0) is 19.6. The van der Waals surface area contributed by atoms with Crippen LogP contribution >= 0.6 is 0 Å². The van der Waals surface area contributed by atoms with Gasteiger partial charge >= 0.3 is 5.69 Å². The zero-order valence-corrected chi connectivity index (χ0v) is 16.0. The molecule has 0 radical (unpaired) electrons. The summed E-state index contributed by atoms with van der Waals surface area (Å²) in [6, 6.07) is 13.1. The van der Waals surface area contributed by atoms with Crippen LogP contribution in [0.3, 0.4) is 0 Å². The lowest BCUT2D eigenvalue weighted by Gasteiger charge is -2.18. The molecule has 0 bridgehead atoms. The summed E-state index contributed by atoms with van der Waals surface area (Å²) in [5.41, 5.74) is 0.272. The first-order valence-electron chi connectivity index (χ1n) is 8.69. The van der Waals surface area contributed by atoms with E-state index >= 15 is 0 Å².